The number of hydrogen-bond acceptors (Lipinski definition) is 8. The Kier molecular flexibility index (Phi) is 40.8. The number of unbranched alkanes of at least 4 members (excludes halogenated alkanes) is 2. The van der Waals surface area contributed by atoms with E-state index in [2.05, 4.69) is 131 Å². The molecule has 1 atom stereocenters. The molecule has 2 aliphatic rings. The number of para-hydroxylation sites is 2. The summed E-state index contributed by atoms with van der Waals surface area (Å²) in [5.74, 6) is 13.7. The number of rotatable bonds is 19. The molecule has 0 radical (unpaired) electrons. The van der Waals surface area contributed by atoms with Gasteiger partial charge in [-0.1, -0.05) is 141 Å². The van der Waals surface area contributed by atoms with E-state index < -0.39 is 0 Å². The van der Waals surface area contributed by atoms with Gasteiger partial charge in [0.05, 0.1) is 5.39 Å². The van der Waals surface area contributed by atoms with E-state index in [9.17, 15) is 25.5 Å². The van der Waals surface area contributed by atoms with Gasteiger partial charge in [-0.05, 0) is 178 Å². The topological polar surface area (TPSA) is 140 Å². The molecule has 11 aromatic carbocycles. The van der Waals surface area contributed by atoms with Crippen LogP contribution < -0.4 is 9.47 Å². The summed E-state index contributed by atoms with van der Waals surface area (Å²) in [6.07, 6.45) is 30.2. The highest BCUT2D eigenvalue weighted by Crippen LogP contribution is 2.37. The lowest BCUT2D eigenvalue weighted by atomic mass is 10.1. The summed E-state index contributed by atoms with van der Waals surface area (Å²) in [5, 5.41) is 63.5. The van der Waals surface area contributed by atoms with Gasteiger partial charge < -0.3 is 40.1 Å². The molecule has 11 aromatic rings. The average Bonchev–Trinajstić information content (AvgIpc) is 1.72. The summed E-state index contributed by atoms with van der Waals surface area (Å²) in [4.78, 5) is 7.91. The summed E-state index contributed by atoms with van der Waals surface area (Å²) >= 11 is 5.70. The normalized spacial score (nSPS) is 12.8. The molecule has 6 N–H and O–H groups in total. The Morgan fingerprint density at radius 1 is 0.362 bits per heavy atom. The van der Waals surface area contributed by atoms with Gasteiger partial charge in [0.2, 0.25) is 11.9 Å². The van der Waals surface area contributed by atoms with Gasteiger partial charge in [-0.3, -0.25) is 0 Å². The van der Waals surface area contributed by atoms with E-state index >= 15 is 0 Å². The molecule has 1 unspecified atom stereocenters. The van der Waals surface area contributed by atoms with Crippen molar-refractivity contribution >= 4 is 131 Å². The minimum atomic E-state index is 0.0568. The smallest absolute Gasteiger partial charge is 0.247 e. The highest BCUT2D eigenvalue weighted by molar-refractivity contribution is 7.98. The van der Waals surface area contributed by atoms with Crippen molar-refractivity contribution in [1.29, 1.82) is 0 Å². The maximum Gasteiger partial charge on any atom is 0.247 e. The summed E-state index contributed by atoms with van der Waals surface area (Å²) < 4.78 is 11.4. The summed E-state index contributed by atoms with van der Waals surface area (Å²) in [7, 11) is 2.53. The van der Waals surface area contributed by atoms with Gasteiger partial charge >= 0.3 is 0 Å². The first-order valence-corrected chi connectivity index (χ1v) is 51.0. The molecule has 0 aliphatic carbocycles. The van der Waals surface area contributed by atoms with E-state index in [1.807, 2.05) is 121 Å². The molecular formula is C88H113ClO8S8+8. The Bertz CT molecular complexity index is 4180. The van der Waals surface area contributed by atoms with Gasteiger partial charge in [0, 0.05) is 114 Å². The molecule has 13 rings (SSSR count). The van der Waals surface area contributed by atoms with Crippen molar-refractivity contribution in [3.63, 3.8) is 0 Å². The predicted octanol–water partition coefficient (Wildman–Crippen LogP) is 21.0. The van der Waals surface area contributed by atoms with Crippen LogP contribution in [0.2, 0.25) is 0 Å². The zero-order valence-electron chi connectivity index (χ0n) is 63.3. The van der Waals surface area contributed by atoms with Crippen LogP contribution in [0.3, 0.4) is 0 Å². The first kappa shape index (κ1) is 87.6. The number of hydrogen-bond donors (Lipinski definition) is 6. The monoisotopic (exact) mass is 1590 g/mol. The van der Waals surface area contributed by atoms with Gasteiger partial charge in [0.25, 0.3) is 0 Å². The van der Waals surface area contributed by atoms with Crippen LogP contribution >= 0.6 is 11.6 Å². The zero-order valence-corrected chi connectivity index (χ0v) is 70.5. The van der Waals surface area contributed by atoms with E-state index in [4.69, 9.17) is 26.2 Å². The van der Waals surface area contributed by atoms with Crippen molar-refractivity contribution in [3.05, 3.63) is 243 Å². The zero-order chi connectivity index (χ0) is 75.9. The Morgan fingerprint density at radius 2 is 0.762 bits per heavy atom. The lowest BCUT2D eigenvalue weighted by Crippen LogP contribution is -2.20. The predicted molar refractivity (Wildman–Crippen MR) is 475 cm³/mol. The maximum atomic E-state index is 9.82. The van der Waals surface area contributed by atoms with Gasteiger partial charge in [0.15, 0.2) is 34.6 Å². The number of ether oxygens (including phenoxy) is 2. The molecule has 0 aromatic heterocycles. The number of fused-ring (bicyclic) bond motifs is 3. The number of aromatic hydroxyl groups is 6. The van der Waals surface area contributed by atoms with Crippen molar-refractivity contribution in [3.8, 4) is 46.0 Å². The van der Waals surface area contributed by atoms with Crippen LogP contribution in [0.5, 0.6) is 46.0 Å². The third-order valence-electron chi connectivity index (χ3n) is 16.6. The molecule has 2 heterocycles. The van der Waals surface area contributed by atoms with E-state index in [1.165, 1.54) is 111 Å². The third kappa shape index (κ3) is 30.7. The fourth-order valence-electron chi connectivity index (χ4n) is 11.0. The van der Waals surface area contributed by atoms with Crippen LogP contribution in [0.1, 0.15) is 65.2 Å². The minimum absolute atomic E-state index is 0.0568. The van der Waals surface area contributed by atoms with Crippen LogP contribution in [0.4, 0.5) is 0 Å². The molecule has 0 spiro atoms. The van der Waals surface area contributed by atoms with E-state index in [1.54, 1.807) is 65.6 Å². The highest BCUT2D eigenvalue weighted by Gasteiger charge is 2.28. The number of phenolic OH excluding ortho intramolecular Hbond substituents is 6. The summed E-state index contributed by atoms with van der Waals surface area (Å²) in [5.41, 5.74) is 0. The second kappa shape index (κ2) is 48.9. The number of benzene rings is 11. The fourth-order valence-corrected chi connectivity index (χ4v) is 22.1. The lowest BCUT2D eigenvalue weighted by Gasteiger charge is -2.09. The largest absolute Gasteiger partial charge is 0.508 e. The summed E-state index contributed by atoms with van der Waals surface area (Å²) in [6, 6.07) is 78.3. The average molecular weight is 1590 g/mol. The molecule has 17 heteroatoms. The van der Waals surface area contributed by atoms with E-state index in [-0.39, 0.29) is 66.6 Å². The molecule has 2 saturated heterocycles. The second-order valence-corrected chi connectivity index (χ2v) is 43.5. The van der Waals surface area contributed by atoms with Crippen molar-refractivity contribution < 1.29 is 40.1 Å². The molecule has 0 bridgehead atoms. The Morgan fingerprint density at radius 3 is 1.24 bits per heavy atom. The number of halogens is 1. The molecule has 0 saturated carbocycles. The molecule has 0 amide bonds. The molecule has 105 heavy (non-hydrogen) atoms. The Hall–Kier alpha value is -6.31. The Balaban J connectivity index is 0.000000189. The SMILES string of the molecule is CCCC[S+](CCCC)COc1ccccc1.C[S+](C)COc1ccccc1.C[S+](C)c1ccc(O)c2ccc(O)cc12.C[S+](C)c1ccc(O)c2cccc(O)c12.C[S+](C)c1ccc(O)c2ccccc12.C[S+](CCl)c1ccccc1.Oc1ccc([S+]2CCCC2)cc1.c1ccc([S+]2CCCC2)cc1. The van der Waals surface area contributed by atoms with E-state index in [0.29, 0.717) is 60.5 Å². The van der Waals surface area contributed by atoms with Crippen LogP contribution in [-0.4, -0.2) is 139 Å². The fraction of sp³-hybridized carbons (Fsp3) is 0.318. The number of alkyl halides is 1. The molecule has 2 fully saturated rings. The summed E-state index contributed by atoms with van der Waals surface area (Å²) in [6.45, 7) is 4.53. The third-order valence-corrected chi connectivity index (χ3v) is 30.5. The van der Waals surface area contributed by atoms with Gasteiger partial charge in [0.1, 0.15) is 137 Å². The first-order chi connectivity index (χ1) is 50.7. The molecule has 8 nitrogen and oxygen atoms in total. The van der Waals surface area contributed by atoms with Crippen molar-refractivity contribution in [2.75, 3.05) is 108 Å². The molecular weight excluding hydrogens is 1480 g/mol. The lowest BCUT2D eigenvalue weighted by molar-refractivity contribution is 0.389. The first-order valence-electron chi connectivity index (χ1n) is 35.5. The van der Waals surface area contributed by atoms with Crippen molar-refractivity contribution in [2.45, 2.75) is 94.6 Å². The molecule has 2 aliphatic heterocycles. The standard InChI is InChI=1S/C15H25OS.2C12H12O2S.C12H12OS.C10H12OS.C10H13S.C9H13OS.C8H10ClS/c1-3-5-12-17(13-6-4-2)14-16-15-10-8-7-9-11-15;1-15(2)12-6-5-11(14)9-4-3-8(13)7-10(9)12;1-15(2)11-7-6-9(13)8-4-3-5-10(14)12(8)11;1-14(2)12-8-7-11(13)9-5-3-4-6-10(9)12;11-9-3-5-10(6-4-9)12-7-1-2-8-12;1-2-6-10(7-3-1)11-8-4-5-9-11;1-11(2)8-10-9-6-4-3-5-7-9;1-10(7-9)8-5-3-2-4-6-8/h7-11H,3-6,12-14H2,1-2H3;2*3-7H,1-2H3,(H-,13,14);3-8H,1-2H3;3-6H,1-2,7-8H2;1-3,6-7H,4-5,8-9H2;3-7H,8H2,1-2H3;2-6H,7H2,1H3/q+1;;;;;3*+1/p+4. The van der Waals surface area contributed by atoms with Crippen LogP contribution in [0.25, 0.3) is 32.3 Å². The van der Waals surface area contributed by atoms with Crippen LogP contribution in [0, 0.1) is 0 Å². The van der Waals surface area contributed by atoms with Crippen LogP contribution in [-0.2, 0) is 87.2 Å². The quantitative estimate of drug-likeness (QED) is 0.0348. The van der Waals surface area contributed by atoms with E-state index in [0.717, 1.165) is 55.0 Å². The Labute approximate surface area is 656 Å². The molecule has 560 valence electrons. The number of phenols is 6. The van der Waals surface area contributed by atoms with Crippen LogP contribution in [0.15, 0.2) is 272 Å². The maximum absolute atomic E-state index is 9.82. The van der Waals surface area contributed by atoms with Gasteiger partial charge in [-0.25, -0.2) is 0 Å². The highest BCUT2D eigenvalue weighted by atomic mass is 35.5. The minimum Gasteiger partial charge on any atom is -0.508 e. The van der Waals surface area contributed by atoms with Gasteiger partial charge in [-0.15, -0.1) is 0 Å². The van der Waals surface area contributed by atoms with Crippen molar-refractivity contribution in [2.24, 2.45) is 0 Å². The second-order valence-electron chi connectivity index (χ2n) is 25.6. The van der Waals surface area contributed by atoms with Gasteiger partial charge in [-0.2, -0.15) is 0 Å². The van der Waals surface area contributed by atoms with Crippen molar-refractivity contribution in [1.82, 2.24) is 0 Å².